The van der Waals surface area contributed by atoms with Gasteiger partial charge in [0.25, 0.3) is 0 Å². The molecule has 1 saturated carbocycles. The first-order chi connectivity index (χ1) is 9.28. The van der Waals surface area contributed by atoms with E-state index in [0.717, 1.165) is 18.2 Å². The van der Waals surface area contributed by atoms with Crippen molar-refractivity contribution >= 4 is 0 Å². The van der Waals surface area contributed by atoms with Crippen LogP contribution in [0.1, 0.15) is 51.0 Å². The normalized spacial score (nSPS) is 18.8. The first-order valence-corrected chi connectivity index (χ1v) is 7.76. The van der Waals surface area contributed by atoms with Crippen LogP contribution < -0.4 is 10.1 Å². The monoisotopic (exact) mass is 262 g/mol. The minimum Gasteiger partial charge on any atom is -0.497 e. The van der Waals surface area contributed by atoms with Crippen LogP contribution in [0.4, 0.5) is 0 Å². The Bertz CT molecular complexity index is 352. The maximum Gasteiger partial charge on any atom is 0.118 e. The second kappa shape index (κ2) is 7.54. The van der Waals surface area contributed by atoms with Gasteiger partial charge in [0.15, 0.2) is 0 Å². The van der Waals surface area contributed by atoms with E-state index in [9.17, 15) is 0 Å². The fourth-order valence-electron chi connectivity index (χ4n) is 3.17. The minimum atomic E-state index is 0.677. The molecule has 0 bridgehead atoms. The molecule has 1 aliphatic carbocycles. The van der Waals surface area contributed by atoms with Crippen molar-refractivity contribution in [2.24, 2.45) is 0 Å². The molecule has 106 valence electrons. The van der Waals surface area contributed by atoms with E-state index in [1.807, 2.05) is 0 Å². The van der Waals surface area contributed by atoms with Gasteiger partial charge in [0, 0.05) is 6.42 Å². The van der Waals surface area contributed by atoms with Gasteiger partial charge in [-0.25, -0.2) is 0 Å². The molecule has 2 nitrogen and oxygen atoms in total. The predicted molar refractivity (Wildman–Crippen MR) is 79.6 cm³/mol. The van der Waals surface area contributed by atoms with Gasteiger partial charge in [-0.3, -0.25) is 0 Å². The third-order valence-corrected chi connectivity index (χ3v) is 4.22. The Morgan fingerprint density at radius 1 is 1.11 bits per heavy atom. The summed E-state index contributed by atoms with van der Waals surface area (Å²) in [7, 11) is 1.72. The van der Waals surface area contributed by atoms with Gasteiger partial charge in [-0.2, -0.15) is 0 Å². The van der Waals surface area contributed by atoms with Gasteiger partial charge in [-0.05, 0) is 50.3 Å². The molecule has 0 saturated heterocycles. The molecule has 0 aromatic heterocycles. The summed E-state index contributed by atoms with van der Waals surface area (Å²) in [5, 5.41) is 2.61. The lowest BCUT2D eigenvalue weighted by Gasteiger charge is -2.18. The Morgan fingerprint density at radius 3 is 2.32 bits per heavy atom. The molecule has 1 aromatic carbocycles. The third kappa shape index (κ3) is 4.87. The fraction of sp³-hybridized carbons (Fsp3) is 0.647. The Balaban J connectivity index is 1.80. The average Bonchev–Trinajstić information content (AvgIpc) is 2.68. The smallest absolute Gasteiger partial charge is 0.118 e. The lowest BCUT2D eigenvalue weighted by atomic mass is 10.0. The highest BCUT2D eigenvalue weighted by Gasteiger charge is 2.18. The van der Waals surface area contributed by atoms with E-state index >= 15 is 0 Å². The highest BCUT2D eigenvalue weighted by Crippen LogP contribution is 2.15. The molecule has 2 heteroatoms. The Morgan fingerprint density at radius 2 is 1.74 bits per heavy atom. The number of methoxy groups -OCH3 is 1. The summed E-state index contributed by atoms with van der Waals surface area (Å²) in [6.45, 7) is 2.36. The van der Waals surface area contributed by atoms with Crippen LogP contribution in [-0.4, -0.2) is 19.2 Å². The molecule has 0 unspecified atom stereocenters. The molecule has 2 rings (SSSR count). The van der Waals surface area contributed by atoms with Crippen LogP contribution in [0.25, 0.3) is 0 Å². The van der Waals surface area contributed by atoms with Crippen molar-refractivity contribution in [2.75, 3.05) is 7.11 Å². The number of ether oxygens (including phenoxy) is 1. The lowest BCUT2D eigenvalue weighted by Crippen LogP contribution is -2.94. The largest absolute Gasteiger partial charge is 0.497 e. The van der Waals surface area contributed by atoms with Crippen LogP contribution in [0.15, 0.2) is 24.3 Å². The molecule has 0 radical (unpaired) electrons. The van der Waals surface area contributed by atoms with Crippen molar-refractivity contribution in [3.05, 3.63) is 29.8 Å². The van der Waals surface area contributed by atoms with Crippen molar-refractivity contribution in [2.45, 2.75) is 64.0 Å². The van der Waals surface area contributed by atoms with Gasteiger partial charge in [0.05, 0.1) is 19.2 Å². The molecule has 19 heavy (non-hydrogen) atoms. The zero-order valence-electron chi connectivity index (χ0n) is 12.4. The topological polar surface area (TPSA) is 25.8 Å². The Hall–Kier alpha value is -1.02. The molecule has 0 amide bonds. The summed E-state index contributed by atoms with van der Waals surface area (Å²) >= 11 is 0. The van der Waals surface area contributed by atoms with Crippen molar-refractivity contribution in [3.8, 4) is 5.75 Å². The van der Waals surface area contributed by atoms with Gasteiger partial charge in [-0.15, -0.1) is 0 Å². The third-order valence-electron chi connectivity index (χ3n) is 4.22. The maximum atomic E-state index is 5.20. The molecule has 2 N–H and O–H groups in total. The van der Waals surface area contributed by atoms with Gasteiger partial charge in [0.1, 0.15) is 5.75 Å². The van der Waals surface area contributed by atoms with Crippen molar-refractivity contribution in [3.63, 3.8) is 0 Å². The minimum absolute atomic E-state index is 0.677. The molecule has 1 aliphatic rings. The summed E-state index contributed by atoms with van der Waals surface area (Å²) < 4.78 is 5.20. The first-order valence-electron chi connectivity index (χ1n) is 7.76. The zero-order chi connectivity index (χ0) is 13.5. The van der Waals surface area contributed by atoms with Crippen LogP contribution >= 0.6 is 0 Å². The molecule has 0 heterocycles. The Kier molecular flexibility index (Phi) is 5.71. The number of nitrogens with two attached hydrogens (primary N) is 1. The number of benzene rings is 1. The summed E-state index contributed by atoms with van der Waals surface area (Å²) in [5.41, 5.74) is 1.41. The van der Waals surface area contributed by atoms with E-state index in [2.05, 4.69) is 36.5 Å². The van der Waals surface area contributed by atoms with Crippen LogP contribution in [0.2, 0.25) is 0 Å². The number of rotatable bonds is 5. The lowest BCUT2D eigenvalue weighted by molar-refractivity contribution is -0.719. The molecule has 1 fully saturated rings. The fourth-order valence-corrected chi connectivity index (χ4v) is 3.17. The van der Waals surface area contributed by atoms with E-state index in [1.165, 1.54) is 44.1 Å². The van der Waals surface area contributed by atoms with Crippen LogP contribution in [0.5, 0.6) is 5.75 Å². The van der Waals surface area contributed by atoms with Crippen LogP contribution in [0.3, 0.4) is 0 Å². The summed E-state index contributed by atoms with van der Waals surface area (Å²) in [6, 6.07) is 10.0. The van der Waals surface area contributed by atoms with E-state index in [4.69, 9.17) is 4.74 Å². The molecule has 0 aliphatic heterocycles. The second-order valence-corrected chi connectivity index (χ2v) is 5.97. The van der Waals surface area contributed by atoms with Crippen LogP contribution in [-0.2, 0) is 6.42 Å². The Labute approximate surface area is 117 Å². The highest BCUT2D eigenvalue weighted by atomic mass is 16.5. The molecule has 1 aromatic rings. The molecule has 0 spiro atoms. The van der Waals surface area contributed by atoms with Crippen LogP contribution in [0, 0.1) is 0 Å². The van der Waals surface area contributed by atoms with E-state index < -0.39 is 0 Å². The second-order valence-electron chi connectivity index (χ2n) is 5.97. The quantitative estimate of drug-likeness (QED) is 0.811. The highest BCUT2D eigenvalue weighted by molar-refractivity contribution is 5.27. The van der Waals surface area contributed by atoms with Crippen molar-refractivity contribution < 1.29 is 10.1 Å². The average molecular weight is 262 g/mol. The van der Waals surface area contributed by atoms with Crippen molar-refractivity contribution in [1.29, 1.82) is 0 Å². The van der Waals surface area contributed by atoms with Gasteiger partial charge in [-0.1, -0.05) is 25.0 Å². The number of quaternary nitrogens is 1. The predicted octanol–water partition coefficient (Wildman–Crippen LogP) is 2.91. The van der Waals surface area contributed by atoms with Gasteiger partial charge >= 0.3 is 0 Å². The standard InChI is InChI=1S/C17H27NO/c1-14(18-16-7-5-3-4-6-8-16)13-15-9-11-17(19-2)12-10-15/h9-12,14,16,18H,3-8,13H2,1-2H3/p+1/t14-/m0/s1. The number of hydrogen-bond donors (Lipinski definition) is 1. The summed E-state index contributed by atoms with van der Waals surface area (Å²) in [6.07, 6.45) is 9.71. The first kappa shape index (κ1) is 14.4. The molecular weight excluding hydrogens is 234 g/mol. The van der Waals surface area contributed by atoms with Crippen molar-refractivity contribution in [1.82, 2.24) is 0 Å². The zero-order valence-corrected chi connectivity index (χ0v) is 12.4. The molecular formula is C17H28NO+. The van der Waals surface area contributed by atoms with E-state index in [1.54, 1.807) is 7.11 Å². The maximum absolute atomic E-state index is 5.20. The summed E-state index contributed by atoms with van der Waals surface area (Å²) in [4.78, 5) is 0. The summed E-state index contributed by atoms with van der Waals surface area (Å²) in [5.74, 6) is 0.948. The SMILES string of the molecule is COc1ccc(C[C@H](C)[NH2+]C2CCCCCC2)cc1. The van der Waals surface area contributed by atoms with Gasteiger partial charge < -0.3 is 10.1 Å². The number of hydrogen-bond acceptors (Lipinski definition) is 1. The molecule has 1 atom stereocenters. The van der Waals surface area contributed by atoms with E-state index in [0.29, 0.717) is 6.04 Å². The van der Waals surface area contributed by atoms with E-state index in [-0.39, 0.29) is 0 Å². The van der Waals surface area contributed by atoms with Gasteiger partial charge in [0.2, 0.25) is 0 Å².